The first kappa shape index (κ1) is 23.6. The Morgan fingerprint density at radius 3 is 2.16 bits per heavy atom. The Hall–Kier alpha value is -3.11. The molecule has 5 heteroatoms. The maximum Gasteiger partial charge on any atom is 0.242 e. The van der Waals surface area contributed by atoms with Crippen LogP contribution in [-0.4, -0.2) is 22.8 Å². The number of hydrogen-bond acceptors (Lipinski definition) is 2. The zero-order valence-electron chi connectivity index (χ0n) is 18.6. The molecule has 0 aliphatic heterocycles. The molecule has 0 fully saturated rings. The first-order valence-electron chi connectivity index (χ1n) is 10.8. The van der Waals surface area contributed by atoms with Crippen molar-refractivity contribution < 1.29 is 9.59 Å². The van der Waals surface area contributed by atoms with Crippen LogP contribution in [0.5, 0.6) is 0 Å². The molecule has 0 spiro atoms. The summed E-state index contributed by atoms with van der Waals surface area (Å²) in [5.74, 6) is -0.227. The molecule has 0 saturated heterocycles. The number of hydrogen-bond donors (Lipinski definition) is 1. The summed E-state index contributed by atoms with van der Waals surface area (Å²) in [5, 5.41) is 3.61. The molecule has 0 aromatic heterocycles. The number of benzene rings is 3. The molecule has 1 N–H and O–H groups in total. The van der Waals surface area contributed by atoms with Crippen molar-refractivity contribution in [2.75, 3.05) is 0 Å². The minimum Gasteiger partial charge on any atom is -0.350 e. The van der Waals surface area contributed by atoms with Crippen LogP contribution in [0.4, 0.5) is 0 Å². The van der Waals surface area contributed by atoms with Gasteiger partial charge in [0.05, 0.1) is 0 Å². The van der Waals surface area contributed by atoms with Crippen LogP contribution in [-0.2, 0) is 29.1 Å². The Bertz CT molecular complexity index is 1020. The van der Waals surface area contributed by atoms with E-state index in [1.165, 1.54) is 5.56 Å². The van der Waals surface area contributed by atoms with Crippen molar-refractivity contribution in [1.82, 2.24) is 10.2 Å². The number of nitrogens with zero attached hydrogens (tertiary/aromatic N) is 1. The van der Waals surface area contributed by atoms with E-state index < -0.39 is 6.04 Å². The summed E-state index contributed by atoms with van der Waals surface area (Å²) < 4.78 is 0. The highest BCUT2D eigenvalue weighted by atomic mass is 35.5. The third-order valence-corrected chi connectivity index (χ3v) is 5.74. The van der Waals surface area contributed by atoms with Crippen molar-refractivity contribution >= 4 is 23.4 Å². The van der Waals surface area contributed by atoms with Crippen LogP contribution in [0.1, 0.15) is 35.6 Å². The number of nitrogens with one attached hydrogen (secondary N) is 1. The number of halogens is 1. The van der Waals surface area contributed by atoms with Gasteiger partial charge >= 0.3 is 0 Å². The number of rotatable bonds is 9. The van der Waals surface area contributed by atoms with Crippen LogP contribution in [0.25, 0.3) is 0 Å². The predicted molar refractivity (Wildman–Crippen MR) is 129 cm³/mol. The van der Waals surface area contributed by atoms with E-state index in [9.17, 15) is 9.59 Å². The number of carbonyl (C=O) groups is 2. The van der Waals surface area contributed by atoms with Gasteiger partial charge in [-0.2, -0.15) is 0 Å². The lowest BCUT2D eigenvalue weighted by molar-refractivity contribution is -0.140. The molecule has 0 heterocycles. The lowest BCUT2D eigenvalue weighted by atomic mass is 10.1. The maximum atomic E-state index is 13.2. The molecule has 3 rings (SSSR count). The molecule has 1 unspecified atom stereocenters. The SMILES string of the molecule is Cc1ccc(CNC(=O)C(C)N(Cc2ccc(Cl)cc2)C(=O)CCc2ccccc2)cc1. The second kappa shape index (κ2) is 11.5. The molecular weight excluding hydrogens is 420 g/mol. The van der Waals surface area contributed by atoms with E-state index in [-0.39, 0.29) is 11.8 Å². The van der Waals surface area contributed by atoms with Gasteiger partial charge in [-0.05, 0) is 49.1 Å². The van der Waals surface area contributed by atoms with Gasteiger partial charge in [-0.1, -0.05) is 83.9 Å². The third kappa shape index (κ3) is 6.96. The average Bonchev–Trinajstić information content (AvgIpc) is 2.82. The van der Waals surface area contributed by atoms with Crippen molar-refractivity contribution in [2.45, 2.75) is 45.8 Å². The second-order valence-electron chi connectivity index (χ2n) is 8.01. The van der Waals surface area contributed by atoms with Crippen molar-refractivity contribution in [2.24, 2.45) is 0 Å². The fourth-order valence-corrected chi connectivity index (χ4v) is 3.58. The minimum absolute atomic E-state index is 0.0539. The van der Waals surface area contributed by atoms with Gasteiger partial charge in [0.2, 0.25) is 11.8 Å². The summed E-state index contributed by atoms with van der Waals surface area (Å²) in [4.78, 5) is 27.7. The van der Waals surface area contributed by atoms with Gasteiger partial charge < -0.3 is 10.2 Å². The molecule has 1 atom stereocenters. The quantitative estimate of drug-likeness (QED) is 0.482. The van der Waals surface area contributed by atoms with Gasteiger partial charge in [0.15, 0.2) is 0 Å². The Morgan fingerprint density at radius 2 is 1.50 bits per heavy atom. The Morgan fingerprint density at radius 1 is 0.875 bits per heavy atom. The average molecular weight is 449 g/mol. The normalized spacial score (nSPS) is 11.6. The van der Waals surface area contributed by atoms with Gasteiger partial charge in [-0.3, -0.25) is 9.59 Å². The molecule has 3 aromatic rings. The fraction of sp³-hybridized carbons (Fsp3) is 0.259. The third-order valence-electron chi connectivity index (χ3n) is 5.49. The van der Waals surface area contributed by atoms with E-state index in [1.807, 2.05) is 73.7 Å². The van der Waals surface area contributed by atoms with Crippen LogP contribution in [0.15, 0.2) is 78.9 Å². The monoisotopic (exact) mass is 448 g/mol. The van der Waals surface area contributed by atoms with Gasteiger partial charge in [0, 0.05) is 24.5 Å². The summed E-state index contributed by atoms with van der Waals surface area (Å²) in [7, 11) is 0. The molecular formula is C27H29ClN2O2. The first-order valence-corrected chi connectivity index (χ1v) is 11.2. The number of aryl methyl sites for hydroxylation is 2. The highest BCUT2D eigenvalue weighted by Gasteiger charge is 2.25. The van der Waals surface area contributed by atoms with E-state index in [4.69, 9.17) is 11.6 Å². The Labute approximate surface area is 195 Å². The molecule has 3 aromatic carbocycles. The summed E-state index contributed by atoms with van der Waals surface area (Å²) in [6, 6.07) is 24.7. The van der Waals surface area contributed by atoms with E-state index in [0.717, 1.165) is 16.7 Å². The van der Waals surface area contributed by atoms with Crippen LogP contribution >= 0.6 is 11.6 Å². The molecule has 4 nitrogen and oxygen atoms in total. The van der Waals surface area contributed by atoms with Crippen molar-refractivity contribution in [1.29, 1.82) is 0 Å². The molecule has 32 heavy (non-hydrogen) atoms. The highest BCUT2D eigenvalue weighted by Crippen LogP contribution is 2.16. The standard InChI is InChI=1S/C27H29ClN2O2/c1-20-8-10-23(11-9-20)18-29-27(32)21(2)30(19-24-12-15-25(28)16-13-24)26(31)17-14-22-6-4-3-5-7-22/h3-13,15-16,21H,14,17-19H2,1-2H3,(H,29,32). The molecule has 0 radical (unpaired) electrons. The summed E-state index contributed by atoms with van der Waals surface area (Å²) in [6.07, 6.45) is 0.974. The van der Waals surface area contributed by atoms with E-state index >= 15 is 0 Å². The molecule has 0 saturated carbocycles. The first-order chi connectivity index (χ1) is 15.4. The fourth-order valence-electron chi connectivity index (χ4n) is 3.45. The van der Waals surface area contributed by atoms with E-state index in [0.29, 0.717) is 31.0 Å². The lowest BCUT2D eigenvalue weighted by Gasteiger charge is -2.29. The van der Waals surface area contributed by atoms with E-state index in [2.05, 4.69) is 5.32 Å². The Kier molecular flexibility index (Phi) is 8.46. The van der Waals surface area contributed by atoms with Crippen LogP contribution in [0, 0.1) is 6.92 Å². The number of amides is 2. The molecule has 2 amide bonds. The summed E-state index contributed by atoms with van der Waals surface area (Å²) in [6.45, 7) is 4.58. The van der Waals surface area contributed by atoms with Crippen LogP contribution in [0.2, 0.25) is 5.02 Å². The molecule has 0 aliphatic rings. The van der Waals surface area contributed by atoms with Crippen molar-refractivity contribution in [3.05, 3.63) is 106 Å². The second-order valence-corrected chi connectivity index (χ2v) is 8.45. The largest absolute Gasteiger partial charge is 0.350 e. The topological polar surface area (TPSA) is 49.4 Å². The van der Waals surface area contributed by atoms with Gasteiger partial charge in [-0.25, -0.2) is 0 Å². The predicted octanol–water partition coefficient (Wildman–Crippen LogP) is 5.31. The van der Waals surface area contributed by atoms with E-state index in [1.54, 1.807) is 24.0 Å². The molecule has 166 valence electrons. The number of carbonyl (C=O) groups excluding carboxylic acids is 2. The van der Waals surface area contributed by atoms with Gasteiger partial charge in [-0.15, -0.1) is 0 Å². The lowest BCUT2D eigenvalue weighted by Crippen LogP contribution is -2.47. The molecule has 0 aliphatic carbocycles. The van der Waals surface area contributed by atoms with Crippen LogP contribution < -0.4 is 5.32 Å². The zero-order chi connectivity index (χ0) is 22.9. The van der Waals surface area contributed by atoms with Crippen LogP contribution in [0.3, 0.4) is 0 Å². The highest BCUT2D eigenvalue weighted by molar-refractivity contribution is 6.30. The summed E-state index contributed by atoms with van der Waals surface area (Å²) in [5.41, 5.74) is 4.23. The van der Waals surface area contributed by atoms with Crippen molar-refractivity contribution in [3.8, 4) is 0 Å². The summed E-state index contributed by atoms with van der Waals surface area (Å²) >= 11 is 6.01. The maximum absolute atomic E-state index is 13.2. The zero-order valence-corrected chi connectivity index (χ0v) is 19.3. The Balaban J connectivity index is 1.68. The van der Waals surface area contributed by atoms with Gasteiger partial charge in [0.1, 0.15) is 6.04 Å². The van der Waals surface area contributed by atoms with Gasteiger partial charge in [0.25, 0.3) is 0 Å². The van der Waals surface area contributed by atoms with Crippen molar-refractivity contribution in [3.63, 3.8) is 0 Å². The smallest absolute Gasteiger partial charge is 0.242 e. The minimum atomic E-state index is -0.598. The molecule has 0 bridgehead atoms.